The predicted octanol–water partition coefficient (Wildman–Crippen LogP) is 4.52. The van der Waals surface area contributed by atoms with E-state index in [1.165, 1.54) is 17.9 Å². The second-order valence-corrected chi connectivity index (χ2v) is 8.75. The van der Waals surface area contributed by atoms with Crippen LogP contribution in [-0.4, -0.2) is 44.9 Å². The van der Waals surface area contributed by atoms with Crippen molar-refractivity contribution in [2.75, 3.05) is 18.4 Å². The Hall–Kier alpha value is -3.94. The fourth-order valence-corrected chi connectivity index (χ4v) is 4.57. The van der Waals surface area contributed by atoms with Crippen LogP contribution in [-0.2, 0) is 16.0 Å². The zero-order valence-corrected chi connectivity index (χ0v) is 19.1. The lowest BCUT2D eigenvalue weighted by atomic mass is 9.97. The lowest BCUT2D eigenvalue weighted by Crippen LogP contribution is -2.39. The van der Waals surface area contributed by atoms with Gasteiger partial charge in [-0.25, -0.2) is 0 Å². The Bertz CT molecular complexity index is 1310. The number of likely N-dealkylation sites (tertiary alicyclic amines) is 1. The van der Waals surface area contributed by atoms with Gasteiger partial charge in [0.25, 0.3) is 0 Å². The van der Waals surface area contributed by atoms with Crippen molar-refractivity contribution in [1.29, 1.82) is 0 Å². The van der Waals surface area contributed by atoms with Crippen molar-refractivity contribution in [2.24, 2.45) is 0 Å². The molecule has 1 saturated heterocycles. The molecule has 1 fully saturated rings. The molecule has 2 N–H and O–H groups in total. The summed E-state index contributed by atoms with van der Waals surface area (Å²) in [6, 6.07) is 15.5. The number of aromatic amines is 1. The van der Waals surface area contributed by atoms with Crippen molar-refractivity contribution in [3.63, 3.8) is 0 Å². The Balaban J connectivity index is 1.21. The monoisotopic (exact) mass is 457 g/mol. The van der Waals surface area contributed by atoms with E-state index < -0.39 is 0 Å². The van der Waals surface area contributed by atoms with Crippen molar-refractivity contribution in [3.05, 3.63) is 66.2 Å². The number of benzene rings is 2. The number of fused-ring (bicyclic) bond motifs is 1. The zero-order chi connectivity index (χ0) is 23.5. The topological polar surface area (TPSA) is 104 Å². The standard InChI is InChI=1S/C26H27N5O3/c1-17(32)28-21-11-8-18(9-12-21)25-29-26(34-30-25)20-5-4-14-31(16-20)24(33)13-10-19-15-27-23-7-3-2-6-22(19)23/h2-3,6-9,11-12,15,20,27H,4-5,10,13-14,16H2,1H3,(H,28,32)/t20-/m1/s1. The summed E-state index contributed by atoms with van der Waals surface area (Å²) in [4.78, 5) is 34.0. The van der Waals surface area contributed by atoms with Gasteiger partial charge in [-0.2, -0.15) is 4.98 Å². The number of carbonyl (C=O) groups excluding carboxylic acids is 2. The number of nitrogens with zero attached hydrogens (tertiary/aromatic N) is 3. The van der Waals surface area contributed by atoms with E-state index in [-0.39, 0.29) is 17.7 Å². The number of carbonyl (C=O) groups is 2. The van der Waals surface area contributed by atoms with Crippen LogP contribution in [0.4, 0.5) is 5.69 Å². The molecule has 0 spiro atoms. The summed E-state index contributed by atoms with van der Waals surface area (Å²) in [5.41, 5.74) is 3.80. The van der Waals surface area contributed by atoms with Gasteiger partial charge in [0.05, 0.1) is 5.92 Å². The molecule has 2 aromatic carbocycles. The highest BCUT2D eigenvalue weighted by Crippen LogP contribution is 2.29. The van der Waals surface area contributed by atoms with Gasteiger partial charge in [-0.1, -0.05) is 23.4 Å². The van der Waals surface area contributed by atoms with Gasteiger partial charge in [0.15, 0.2) is 0 Å². The lowest BCUT2D eigenvalue weighted by Gasteiger charge is -2.31. The van der Waals surface area contributed by atoms with Crippen LogP contribution in [0.1, 0.15) is 43.6 Å². The van der Waals surface area contributed by atoms with Crippen molar-refractivity contribution in [1.82, 2.24) is 20.0 Å². The molecule has 8 nitrogen and oxygen atoms in total. The normalized spacial score (nSPS) is 16.0. The average molecular weight is 458 g/mol. The Morgan fingerprint density at radius 2 is 2.00 bits per heavy atom. The number of aromatic nitrogens is 3. The van der Waals surface area contributed by atoms with E-state index in [9.17, 15) is 9.59 Å². The molecule has 0 aliphatic carbocycles. The molecule has 3 heterocycles. The Morgan fingerprint density at radius 1 is 1.18 bits per heavy atom. The van der Waals surface area contributed by atoms with Crippen LogP contribution in [0.5, 0.6) is 0 Å². The minimum absolute atomic E-state index is 0.0330. The zero-order valence-electron chi connectivity index (χ0n) is 19.1. The van der Waals surface area contributed by atoms with Crippen LogP contribution in [0.15, 0.2) is 59.3 Å². The third-order valence-corrected chi connectivity index (χ3v) is 6.31. The number of nitrogens with one attached hydrogen (secondary N) is 2. The van der Waals surface area contributed by atoms with Gasteiger partial charge in [-0.3, -0.25) is 9.59 Å². The van der Waals surface area contributed by atoms with Gasteiger partial charge >= 0.3 is 0 Å². The first-order valence-corrected chi connectivity index (χ1v) is 11.6. The highest BCUT2D eigenvalue weighted by atomic mass is 16.5. The van der Waals surface area contributed by atoms with Crippen LogP contribution < -0.4 is 5.32 Å². The lowest BCUT2D eigenvalue weighted by molar-refractivity contribution is -0.132. The highest BCUT2D eigenvalue weighted by Gasteiger charge is 2.28. The van der Waals surface area contributed by atoms with Gasteiger partial charge < -0.3 is 19.7 Å². The molecule has 5 rings (SSSR count). The smallest absolute Gasteiger partial charge is 0.231 e. The fourth-order valence-electron chi connectivity index (χ4n) is 4.57. The molecule has 8 heteroatoms. The molecule has 0 radical (unpaired) electrons. The number of aryl methyl sites for hydroxylation is 1. The summed E-state index contributed by atoms with van der Waals surface area (Å²) in [7, 11) is 0. The molecule has 174 valence electrons. The molecular formula is C26H27N5O3. The highest BCUT2D eigenvalue weighted by molar-refractivity contribution is 5.89. The Kier molecular flexibility index (Phi) is 6.12. The van der Waals surface area contributed by atoms with Crippen molar-refractivity contribution in [2.45, 2.75) is 38.5 Å². The van der Waals surface area contributed by atoms with Crippen LogP contribution in [0.2, 0.25) is 0 Å². The minimum atomic E-state index is -0.118. The molecule has 1 atom stereocenters. The number of anilines is 1. The molecule has 0 bridgehead atoms. The summed E-state index contributed by atoms with van der Waals surface area (Å²) in [5, 5.41) is 8.06. The van der Waals surface area contributed by atoms with E-state index in [0.29, 0.717) is 36.8 Å². The number of rotatable bonds is 6. The number of hydrogen-bond acceptors (Lipinski definition) is 5. The maximum absolute atomic E-state index is 13.0. The third kappa shape index (κ3) is 4.71. The van der Waals surface area contributed by atoms with E-state index >= 15 is 0 Å². The van der Waals surface area contributed by atoms with Crippen LogP contribution in [0, 0.1) is 0 Å². The largest absolute Gasteiger partial charge is 0.361 e. The van der Waals surface area contributed by atoms with Crippen LogP contribution in [0.25, 0.3) is 22.3 Å². The maximum Gasteiger partial charge on any atom is 0.231 e. The molecular weight excluding hydrogens is 430 g/mol. The van der Waals surface area contributed by atoms with Crippen molar-refractivity contribution >= 4 is 28.4 Å². The predicted molar refractivity (Wildman–Crippen MR) is 129 cm³/mol. The molecule has 1 aliphatic heterocycles. The number of H-pyrrole nitrogens is 1. The molecule has 34 heavy (non-hydrogen) atoms. The van der Waals surface area contributed by atoms with Crippen molar-refractivity contribution in [3.8, 4) is 11.4 Å². The van der Waals surface area contributed by atoms with E-state index in [4.69, 9.17) is 4.52 Å². The molecule has 0 unspecified atom stereocenters. The average Bonchev–Trinajstić information content (AvgIpc) is 3.51. The second kappa shape index (κ2) is 9.51. The van der Waals surface area contributed by atoms with Crippen molar-refractivity contribution < 1.29 is 14.1 Å². The summed E-state index contributed by atoms with van der Waals surface area (Å²) in [5.74, 6) is 1.14. The number of amides is 2. The first kappa shape index (κ1) is 21.9. The second-order valence-electron chi connectivity index (χ2n) is 8.75. The first-order valence-electron chi connectivity index (χ1n) is 11.6. The number of para-hydroxylation sites is 1. The van der Waals surface area contributed by atoms with Gasteiger partial charge in [0, 0.05) is 54.8 Å². The maximum atomic E-state index is 13.0. The fraction of sp³-hybridized carbons (Fsp3) is 0.308. The van der Waals surface area contributed by atoms with Crippen LogP contribution in [0.3, 0.4) is 0 Å². The van der Waals surface area contributed by atoms with Gasteiger partial charge in [-0.05, 0) is 55.2 Å². The minimum Gasteiger partial charge on any atom is -0.361 e. The Labute approximate surface area is 197 Å². The molecule has 4 aromatic rings. The molecule has 2 aromatic heterocycles. The van der Waals surface area contributed by atoms with Gasteiger partial charge in [0.2, 0.25) is 23.5 Å². The van der Waals surface area contributed by atoms with E-state index in [2.05, 4.69) is 26.5 Å². The third-order valence-electron chi connectivity index (χ3n) is 6.31. The molecule has 1 aliphatic rings. The first-order chi connectivity index (χ1) is 16.6. The van der Waals surface area contributed by atoms with Gasteiger partial charge in [-0.15, -0.1) is 0 Å². The number of hydrogen-bond donors (Lipinski definition) is 2. The van der Waals surface area contributed by atoms with E-state index in [0.717, 1.165) is 30.5 Å². The summed E-state index contributed by atoms with van der Waals surface area (Å²) < 4.78 is 5.58. The molecule has 0 saturated carbocycles. The molecule has 2 amide bonds. The summed E-state index contributed by atoms with van der Waals surface area (Å²) in [6.45, 7) is 2.82. The SMILES string of the molecule is CC(=O)Nc1ccc(-c2noc([C@@H]3CCCN(C(=O)CCc4c[nH]c5ccccc45)C3)n2)cc1. The number of piperidine rings is 1. The quantitative estimate of drug-likeness (QED) is 0.443. The van der Waals surface area contributed by atoms with E-state index in [1.54, 1.807) is 0 Å². The summed E-state index contributed by atoms with van der Waals surface area (Å²) >= 11 is 0. The van der Waals surface area contributed by atoms with Gasteiger partial charge in [0.1, 0.15) is 0 Å². The summed E-state index contributed by atoms with van der Waals surface area (Å²) in [6.07, 6.45) is 5.01. The van der Waals surface area contributed by atoms with E-state index in [1.807, 2.05) is 53.6 Å². The van der Waals surface area contributed by atoms with Crippen LogP contribution >= 0.6 is 0 Å². The Morgan fingerprint density at radius 3 is 2.82 bits per heavy atom.